The minimum atomic E-state index is -1.22. The van der Waals surface area contributed by atoms with Crippen LogP contribution in [0.4, 0.5) is 9.59 Å². The summed E-state index contributed by atoms with van der Waals surface area (Å²) >= 11 is 1.52. The highest BCUT2D eigenvalue weighted by Gasteiger charge is 2.41. The average Bonchev–Trinajstić information content (AvgIpc) is 3.94. The lowest BCUT2D eigenvalue weighted by Gasteiger charge is -2.36. The van der Waals surface area contributed by atoms with Crippen LogP contribution in [0.15, 0.2) is 103 Å². The van der Waals surface area contributed by atoms with Gasteiger partial charge in [-0.2, -0.15) is 0 Å². The Morgan fingerprint density at radius 2 is 1.62 bits per heavy atom. The summed E-state index contributed by atoms with van der Waals surface area (Å²) in [5, 5.41) is 22.5. The van der Waals surface area contributed by atoms with Crippen molar-refractivity contribution in [1.29, 1.82) is 0 Å². The first-order chi connectivity index (χ1) is 31.7. The Kier molecular flexibility index (Phi) is 17.0. The number of hydrogen-bond donors (Lipinski definition) is 4. The number of rotatable bonds is 20. The zero-order chi connectivity index (χ0) is 47.4. The summed E-state index contributed by atoms with van der Waals surface area (Å²) in [6.45, 7) is 12.6. The van der Waals surface area contributed by atoms with Gasteiger partial charge in [0.15, 0.2) is 0 Å². The van der Waals surface area contributed by atoms with Gasteiger partial charge in [-0.3, -0.25) is 25.0 Å². The molecule has 1 aliphatic rings. The van der Waals surface area contributed by atoms with E-state index in [9.17, 15) is 24.3 Å². The number of urea groups is 1. The molecule has 4 heterocycles. The van der Waals surface area contributed by atoms with Gasteiger partial charge in [0.2, 0.25) is 5.91 Å². The van der Waals surface area contributed by atoms with Crippen LogP contribution in [0.2, 0.25) is 0 Å². The van der Waals surface area contributed by atoms with Crippen LogP contribution >= 0.6 is 11.3 Å². The number of thiazole rings is 1. The number of aliphatic hydroxyl groups excluding tert-OH is 1. The molecule has 350 valence electrons. The number of nitrogens with zero attached hydrogens (tertiary/aromatic N) is 6. The lowest BCUT2D eigenvalue weighted by molar-refractivity contribution is -0.132. The molecule has 1 aliphatic heterocycles. The Morgan fingerprint density at radius 3 is 2.29 bits per heavy atom. The van der Waals surface area contributed by atoms with Gasteiger partial charge in [-0.1, -0.05) is 109 Å². The Morgan fingerprint density at radius 1 is 0.879 bits per heavy atom. The van der Waals surface area contributed by atoms with E-state index in [0.29, 0.717) is 26.1 Å². The minimum Gasteiger partial charge on any atom is -0.453 e. The van der Waals surface area contributed by atoms with E-state index in [1.54, 1.807) is 27.2 Å². The topological polar surface area (TPSA) is 182 Å². The molecule has 6 rings (SSSR count). The molecule has 2 aromatic carbocycles. The van der Waals surface area contributed by atoms with Gasteiger partial charge in [-0.15, -0.1) is 11.3 Å². The van der Waals surface area contributed by atoms with Crippen LogP contribution in [-0.2, 0) is 40.3 Å². The first-order valence-electron chi connectivity index (χ1n) is 22.5. The van der Waals surface area contributed by atoms with Gasteiger partial charge in [0.05, 0.1) is 37.2 Å². The van der Waals surface area contributed by atoms with Gasteiger partial charge in [0.25, 0.3) is 5.91 Å². The van der Waals surface area contributed by atoms with Crippen molar-refractivity contribution in [3.63, 3.8) is 0 Å². The second kappa shape index (κ2) is 22.8. The number of pyridine rings is 2. The summed E-state index contributed by atoms with van der Waals surface area (Å²) in [6.07, 6.45) is 3.24. The third-order valence-electron chi connectivity index (χ3n) is 11.9. The number of amides is 5. The fourth-order valence-corrected chi connectivity index (χ4v) is 8.79. The SMILES string of the molecule is CCc1cc(-c2nc(CN3CCN([C@H](C(=O)N[C@@H](Cc4ccccc4)[C@@H](O)CN(Cc4ccc(-c5ccccn5)cc4)NC(=O)[C@@H](NC(=O)OC)C(C)(C)C)[C@@H](C)CC)C3=O)cs2)ccn1. The van der Waals surface area contributed by atoms with Crippen molar-refractivity contribution in [2.24, 2.45) is 11.3 Å². The van der Waals surface area contributed by atoms with E-state index in [4.69, 9.17) is 9.72 Å². The maximum Gasteiger partial charge on any atom is 0.407 e. The first kappa shape index (κ1) is 49.2. The van der Waals surface area contributed by atoms with E-state index in [0.717, 1.165) is 50.8 Å². The third-order valence-corrected chi connectivity index (χ3v) is 12.8. The standard InChI is InChI=1S/C50H63N9O6S/c1-8-33(3)43(59-26-25-57(49(59)64)30-39-32-66-47(53-39)37-22-24-51-38(9-2)28-37)45(61)54-41(27-34-15-11-10-12-16-34)42(60)31-58(56-46(62)44(50(4,5)6)55-48(63)65-7)29-35-18-20-36(21-19-35)40-17-13-14-23-52-40/h10-24,28,32-33,41-44,60H,8-9,25-27,29-31H2,1-7H3,(H,54,61)(H,55,63)(H,56,62)/t33-,41-,42-,43-,44+/m0/s1. The van der Waals surface area contributed by atoms with Crippen molar-refractivity contribution in [3.05, 3.63) is 125 Å². The lowest BCUT2D eigenvalue weighted by Crippen LogP contribution is -2.60. The number of aliphatic hydroxyl groups is 1. The number of alkyl carbamates (subject to hydrolysis) is 1. The van der Waals surface area contributed by atoms with E-state index in [2.05, 4.69) is 33.0 Å². The highest BCUT2D eigenvalue weighted by Crippen LogP contribution is 2.28. The van der Waals surface area contributed by atoms with Crippen molar-refractivity contribution in [3.8, 4) is 21.8 Å². The summed E-state index contributed by atoms with van der Waals surface area (Å²) < 4.78 is 4.85. The summed E-state index contributed by atoms with van der Waals surface area (Å²) in [7, 11) is 1.23. The van der Waals surface area contributed by atoms with Gasteiger partial charge >= 0.3 is 12.1 Å². The molecular formula is C50H63N9O6S. The average molecular weight is 918 g/mol. The molecule has 5 atom stereocenters. The Balaban J connectivity index is 1.23. The number of carbonyl (C=O) groups is 4. The largest absolute Gasteiger partial charge is 0.453 e. The van der Waals surface area contributed by atoms with E-state index in [1.807, 2.05) is 125 Å². The predicted molar refractivity (Wildman–Crippen MR) is 256 cm³/mol. The predicted octanol–water partition coefficient (Wildman–Crippen LogP) is 6.87. The summed E-state index contributed by atoms with van der Waals surface area (Å²) in [6, 6.07) is 24.0. The van der Waals surface area contributed by atoms with Crippen LogP contribution in [0.5, 0.6) is 0 Å². The zero-order valence-electron chi connectivity index (χ0n) is 38.9. The number of hydrazine groups is 1. The van der Waals surface area contributed by atoms with Crippen LogP contribution in [-0.4, -0.2) is 110 Å². The van der Waals surface area contributed by atoms with E-state index in [1.165, 1.54) is 18.4 Å². The second-order valence-electron chi connectivity index (χ2n) is 17.8. The molecule has 0 saturated carbocycles. The van der Waals surface area contributed by atoms with E-state index < -0.39 is 41.6 Å². The summed E-state index contributed by atoms with van der Waals surface area (Å²) in [5.74, 6) is -1.11. The molecule has 5 aromatic rings. The smallest absolute Gasteiger partial charge is 0.407 e. The quantitative estimate of drug-likeness (QED) is 0.0602. The third kappa shape index (κ3) is 13.0. The van der Waals surface area contributed by atoms with Crippen molar-refractivity contribution in [2.45, 2.75) is 98.1 Å². The van der Waals surface area contributed by atoms with Crippen LogP contribution in [0.3, 0.4) is 0 Å². The van der Waals surface area contributed by atoms with Crippen molar-refractivity contribution in [2.75, 3.05) is 26.7 Å². The molecule has 0 aliphatic carbocycles. The second-order valence-corrected chi connectivity index (χ2v) is 18.7. The minimum absolute atomic E-state index is 0.111. The normalized spacial score (nSPS) is 15.2. The number of aromatic nitrogens is 3. The molecule has 4 N–H and O–H groups in total. The molecule has 0 radical (unpaired) electrons. The van der Waals surface area contributed by atoms with Crippen LogP contribution < -0.4 is 16.1 Å². The molecule has 0 spiro atoms. The molecule has 15 nitrogen and oxygen atoms in total. The van der Waals surface area contributed by atoms with Crippen molar-refractivity contribution < 1.29 is 29.0 Å². The molecule has 5 amide bonds. The van der Waals surface area contributed by atoms with Crippen LogP contribution in [0.1, 0.15) is 70.5 Å². The van der Waals surface area contributed by atoms with Crippen molar-refractivity contribution in [1.82, 2.24) is 45.8 Å². The number of carbonyl (C=O) groups excluding carboxylic acids is 4. The highest BCUT2D eigenvalue weighted by atomic mass is 32.1. The number of nitrogens with one attached hydrogen (secondary N) is 3. The molecule has 0 bridgehead atoms. The maximum atomic E-state index is 14.7. The van der Waals surface area contributed by atoms with Crippen LogP contribution in [0, 0.1) is 11.3 Å². The Labute approximate surface area is 392 Å². The molecule has 0 unspecified atom stereocenters. The first-order valence-corrected chi connectivity index (χ1v) is 23.4. The molecule has 66 heavy (non-hydrogen) atoms. The summed E-state index contributed by atoms with van der Waals surface area (Å²) in [4.78, 5) is 72.4. The highest BCUT2D eigenvalue weighted by molar-refractivity contribution is 7.13. The maximum absolute atomic E-state index is 14.7. The van der Waals surface area contributed by atoms with Gasteiger partial charge in [0.1, 0.15) is 17.1 Å². The Bertz CT molecular complexity index is 2380. The molecule has 3 aromatic heterocycles. The van der Waals surface area contributed by atoms with Crippen molar-refractivity contribution >= 4 is 35.3 Å². The Hall–Kier alpha value is -6.23. The van der Waals surface area contributed by atoms with Crippen LogP contribution in [0.25, 0.3) is 21.8 Å². The van der Waals surface area contributed by atoms with Gasteiger partial charge in [-0.25, -0.2) is 19.6 Å². The molecule has 1 saturated heterocycles. The fourth-order valence-electron chi connectivity index (χ4n) is 7.98. The van der Waals surface area contributed by atoms with E-state index in [-0.39, 0.29) is 37.4 Å². The van der Waals surface area contributed by atoms with Gasteiger partial charge in [-0.05, 0) is 59.6 Å². The molecular weight excluding hydrogens is 855 g/mol. The molecule has 16 heteroatoms. The number of aryl methyl sites for hydroxylation is 1. The van der Waals surface area contributed by atoms with E-state index >= 15 is 0 Å². The monoisotopic (exact) mass is 917 g/mol. The number of benzene rings is 2. The van der Waals surface area contributed by atoms with Gasteiger partial charge in [0, 0.05) is 60.8 Å². The molecule has 1 fully saturated rings. The number of methoxy groups -OCH3 is 1. The zero-order valence-corrected chi connectivity index (χ0v) is 39.8. The lowest BCUT2D eigenvalue weighted by atomic mass is 9.86. The number of hydrogen-bond acceptors (Lipinski definition) is 11. The van der Waals surface area contributed by atoms with Gasteiger partial charge < -0.3 is 30.3 Å². The number of ether oxygens (including phenoxy) is 1. The fraction of sp³-hybridized carbons (Fsp3) is 0.420. The summed E-state index contributed by atoms with van der Waals surface area (Å²) in [5.41, 5.74) is 8.41.